The summed E-state index contributed by atoms with van der Waals surface area (Å²) in [6, 6.07) is -0.353. The van der Waals surface area contributed by atoms with Crippen LogP contribution >= 0.6 is 0 Å². The maximum Gasteiger partial charge on any atom is 0.223 e. The van der Waals surface area contributed by atoms with Crippen LogP contribution in [0, 0.1) is 11.8 Å². The van der Waals surface area contributed by atoms with Crippen molar-refractivity contribution < 1.29 is 9.59 Å². The minimum absolute atomic E-state index is 0.0331. The Labute approximate surface area is 86.3 Å². The number of Topliss-reactive ketones (excluding diaryl/α,β-unsaturated/α-hetero) is 1. The molecule has 0 aliphatic heterocycles. The lowest BCUT2D eigenvalue weighted by Gasteiger charge is -2.18. The van der Waals surface area contributed by atoms with E-state index in [4.69, 9.17) is 0 Å². The summed E-state index contributed by atoms with van der Waals surface area (Å²) in [4.78, 5) is 22.8. The van der Waals surface area contributed by atoms with E-state index in [1.807, 2.05) is 20.8 Å². The third kappa shape index (κ3) is 3.90. The molecule has 0 radical (unpaired) electrons. The molecule has 0 aromatic rings. The number of ketones is 1. The number of rotatable bonds is 5. The predicted molar refractivity (Wildman–Crippen MR) is 56.9 cm³/mol. The Kier molecular flexibility index (Phi) is 5.43. The Morgan fingerprint density at radius 1 is 1.14 bits per heavy atom. The third-order valence-electron chi connectivity index (χ3n) is 2.60. The average molecular weight is 199 g/mol. The van der Waals surface area contributed by atoms with Crippen LogP contribution in [0.1, 0.15) is 41.0 Å². The maximum atomic E-state index is 11.6. The van der Waals surface area contributed by atoms with Gasteiger partial charge in [0.15, 0.2) is 5.78 Å². The van der Waals surface area contributed by atoms with Crippen LogP contribution in [0.5, 0.6) is 0 Å². The lowest BCUT2D eigenvalue weighted by atomic mass is 9.97. The molecule has 14 heavy (non-hydrogen) atoms. The van der Waals surface area contributed by atoms with Gasteiger partial charge in [0.25, 0.3) is 0 Å². The van der Waals surface area contributed by atoms with Gasteiger partial charge in [-0.1, -0.05) is 27.7 Å². The lowest BCUT2D eigenvalue weighted by molar-refractivity contribution is -0.130. The van der Waals surface area contributed by atoms with Crippen LogP contribution in [0.15, 0.2) is 0 Å². The molecular weight excluding hydrogens is 178 g/mol. The summed E-state index contributed by atoms with van der Waals surface area (Å²) < 4.78 is 0. The molecular formula is C11H21NO2. The van der Waals surface area contributed by atoms with E-state index in [9.17, 15) is 9.59 Å². The molecule has 0 rings (SSSR count). The van der Waals surface area contributed by atoms with Gasteiger partial charge in [-0.05, 0) is 12.8 Å². The van der Waals surface area contributed by atoms with E-state index >= 15 is 0 Å². The van der Waals surface area contributed by atoms with Crippen LogP contribution in [-0.4, -0.2) is 17.7 Å². The Hall–Kier alpha value is -0.860. The molecule has 2 atom stereocenters. The summed E-state index contributed by atoms with van der Waals surface area (Å²) in [7, 11) is 0. The molecule has 0 aromatic heterocycles. The SMILES string of the molecule is CCC(=O)C(C)NC(=O)C(C)C(C)C. The largest absolute Gasteiger partial charge is 0.346 e. The van der Waals surface area contributed by atoms with Crippen molar-refractivity contribution in [2.24, 2.45) is 11.8 Å². The standard InChI is InChI=1S/C11H21NO2/c1-6-10(13)9(5)12-11(14)8(4)7(2)3/h7-9H,6H2,1-5H3,(H,12,14). The summed E-state index contributed by atoms with van der Waals surface area (Å²) in [5.41, 5.74) is 0. The van der Waals surface area contributed by atoms with Crippen LogP contribution in [0.2, 0.25) is 0 Å². The van der Waals surface area contributed by atoms with Gasteiger partial charge in [0.2, 0.25) is 5.91 Å². The average Bonchev–Trinajstić information content (AvgIpc) is 2.14. The van der Waals surface area contributed by atoms with E-state index < -0.39 is 0 Å². The lowest BCUT2D eigenvalue weighted by Crippen LogP contribution is -2.42. The summed E-state index contributed by atoms with van der Waals surface area (Å²) >= 11 is 0. The summed E-state index contributed by atoms with van der Waals surface area (Å²) in [5, 5.41) is 2.72. The van der Waals surface area contributed by atoms with E-state index in [-0.39, 0.29) is 23.7 Å². The van der Waals surface area contributed by atoms with Crippen molar-refractivity contribution >= 4 is 11.7 Å². The predicted octanol–water partition coefficient (Wildman–Crippen LogP) is 1.76. The maximum absolute atomic E-state index is 11.6. The van der Waals surface area contributed by atoms with Crippen LogP contribution < -0.4 is 5.32 Å². The molecule has 0 saturated heterocycles. The van der Waals surface area contributed by atoms with Crippen molar-refractivity contribution in [3.8, 4) is 0 Å². The first-order chi connectivity index (χ1) is 6.40. The second-order valence-corrected chi connectivity index (χ2v) is 4.08. The number of nitrogens with one attached hydrogen (secondary N) is 1. The topological polar surface area (TPSA) is 46.2 Å². The van der Waals surface area contributed by atoms with E-state index in [0.29, 0.717) is 12.3 Å². The molecule has 0 aliphatic rings. The monoisotopic (exact) mass is 199 g/mol. The highest BCUT2D eigenvalue weighted by molar-refractivity contribution is 5.89. The van der Waals surface area contributed by atoms with Crippen LogP contribution in [0.3, 0.4) is 0 Å². The van der Waals surface area contributed by atoms with Gasteiger partial charge in [-0.2, -0.15) is 0 Å². The Morgan fingerprint density at radius 3 is 2.00 bits per heavy atom. The van der Waals surface area contributed by atoms with Gasteiger partial charge < -0.3 is 5.32 Å². The zero-order valence-corrected chi connectivity index (χ0v) is 9.76. The summed E-state index contributed by atoms with van der Waals surface area (Å²) in [6.45, 7) is 9.41. The molecule has 0 fully saturated rings. The number of amides is 1. The van der Waals surface area contributed by atoms with Crippen molar-refractivity contribution in [3.63, 3.8) is 0 Å². The van der Waals surface area contributed by atoms with E-state index in [0.717, 1.165) is 0 Å². The van der Waals surface area contributed by atoms with Crippen molar-refractivity contribution in [1.82, 2.24) is 5.32 Å². The van der Waals surface area contributed by atoms with Crippen LogP contribution in [-0.2, 0) is 9.59 Å². The van der Waals surface area contributed by atoms with E-state index in [2.05, 4.69) is 5.32 Å². The number of hydrogen-bond acceptors (Lipinski definition) is 2. The van der Waals surface area contributed by atoms with Crippen molar-refractivity contribution in [2.45, 2.75) is 47.1 Å². The molecule has 82 valence electrons. The fourth-order valence-corrected chi connectivity index (χ4v) is 1.03. The highest BCUT2D eigenvalue weighted by Gasteiger charge is 2.20. The highest BCUT2D eigenvalue weighted by atomic mass is 16.2. The molecule has 3 nitrogen and oxygen atoms in total. The second kappa shape index (κ2) is 5.78. The van der Waals surface area contributed by atoms with Gasteiger partial charge in [-0.15, -0.1) is 0 Å². The molecule has 0 spiro atoms. The molecule has 1 N–H and O–H groups in total. The van der Waals surface area contributed by atoms with Crippen molar-refractivity contribution in [3.05, 3.63) is 0 Å². The zero-order chi connectivity index (χ0) is 11.3. The van der Waals surface area contributed by atoms with Crippen LogP contribution in [0.4, 0.5) is 0 Å². The van der Waals surface area contributed by atoms with Gasteiger partial charge in [0, 0.05) is 12.3 Å². The molecule has 0 bridgehead atoms. The Balaban J connectivity index is 4.12. The van der Waals surface area contributed by atoms with E-state index in [1.54, 1.807) is 13.8 Å². The molecule has 1 amide bonds. The molecule has 0 saturated carbocycles. The molecule has 0 aliphatic carbocycles. The molecule has 0 heterocycles. The summed E-state index contributed by atoms with van der Waals surface area (Å²) in [5.74, 6) is 0.310. The highest BCUT2D eigenvalue weighted by Crippen LogP contribution is 2.09. The van der Waals surface area contributed by atoms with Crippen LogP contribution in [0.25, 0.3) is 0 Å². The zero-order valence-electron chi connectivity index (χ0n) is 9.76. The van der Waals surface area contributed by atoms with Gasteiger partial charge in [0.1, 0.15) is 0 Å². The second-order valence-electron chi connectivity index (χ2n) is 4.08. The summed E-state index contributed by atoms with van der Waals surface area (Å²) in [6.07, 6.45) is 0.470. The fraction of sp³-hybridized carbons (Fsp3) is 0.818. The Morgan fingerprint density at radius 2 is 1.64 bits per heavy atom. The van der Waals surface area contributed by atoms with Crippen molar-refractivity contribution in [1.29, 1.82) is 0 Å². The van der Waals surface area contributed by atoms with Gasteiger partial charge in [-0.3, -0.25) is 9.59 Å². The van der Waals surface area contributed by atoms with Crippen molar-refractivity contribution in [2.75, 3.05) is 0 Å². The molecule has 3 heteroatoms. The minimum atomic E-state index is -0.353. The number of hydrogen-bond donors (Lipinski definition) is 1. The van der Waals surface area contributed by atoms with Gasteiger partial charge >= 0.3 is 0 Å². The normalized spacial score (nSPS) is 15.0. The van der Waals surface area contributed by atoms with Gasteiger partial charge in [0.05, 0.1) is 6.04 Å². The van der Waals surface area contributed by atoms with Gasteiger partial charge in [-0.25, -0.2) is 0 Å². The third-order valence-corrected chi connectivity index (χ3v) is 2.60. The van der Waals surface area contributed by atoms with E-state index in [1.165, 1.54) is 0 Å². The quantitative estimate of drug-likeness (QED) is 0.733. The molecule has 0 aromatic carbocycles. The Bertz CT molecular complexity index is 211. The first-order valence-corrected chi connectivity index (χ1v) is 5.23. The number of carbonyl (C=O) groups is 2. The first-order valence-electron chi connectivity index (χ1n) is 5.23. The smallest absolute Gasteiger partial charge is 0.223 e. The molecule has 2 unspecified atom stereocenters. The fourth-order valence-electron chi connectivity index (χ4n) is 1.03. The number of carbonyl (C=O) groups excluding carboxylic acids is 2. The first kappa shape index (κ1) is 13.1. The minimum Gasteiger partial charge on any atom is -0.346 e.